The Hall–Kier alpha value is -2.40. The molecule has 0 aliphatic heterocycles. The van der Waals surface area contributed by atoms with Gasteiger partial charge in [0.25, 0.3) is 0 Å². The number of para-hydroxylation sites is 1. The Balaban J connectivity index is 1.76. The largest absolute Gasteiger partial charge is 0.328 e. The van der Waals surface area contributed by atoms with Crippen LogP contribution in [0, 0.1) is 0 Å². The second kappa shape index (κ2) is 5.42. The highest BCUT2D eigenvalue weighted by molar-refractivity contribution is 5.54. The van der Waals surface area contributed by atoms with E-state index in [0.29, 0.717) is 12.1 Å². The van der Waals surface area contributed by atoms with Gasteiger partial charge < -0.3 is 10.3 Å². The summed E-state index contributed by atoms with van der Waals surface area (Å²) in [6.07, 6.45) is 8.96. The van der Waals surface area contributed by atoms with Gasteiger partial charge in [0.15, 0.2) is 5.82 Å². The molecule has 0 bridgehead atoms. The average Bonchev–Trinajstić information content (AvgIpc) is 3.27. The predicted molar refractivity (Wildman–Crippen MR) is 85.6 cm³/mol. The number of aromatic nitrogens is 4. The van der Waals surface area contributed by atoms with Crippen LogP contribution < -0.4 is 5.73 Å². The van der Waals surface area contributed by atoms with E-state index in [2.05, 4.69) is 33.0 Å². The van der Waals surface area contributed by atoms with Crippen LogP contribution in [-0.4, -0.2) is 25.4 Å². The van der Waals surface area contributed by atoms with Crippen LogP contribution in [0.25, 0.3) is 17.2 Å². The molecule has 22 heavy (non-hydrogen) atoms. The van der Waals surface area contributed by atoms with Crippen molar-refractivity contribution < 1.29 is 0 Å². The average molecular weight is 293 g/mol. The third-order valence-electron chi connectivity index (χ3n) is 4.38. The van der Waals surface area contributed by atoms with Crippen molar-refractivity contribution >= 4 is 0 Å². The summed E-state index contributed by atoms with van der Waals surface area (Å²) in [6.45, 7) is 0. The second-order valence-electron chi connectivity index (χ2n) is 5.85. The molecule has 1 aliphatic carbocycles. The van der Waals surface area contributed by atoms with Gasteiger partial charge in [-0.1, -0.05) is 18.2 Å². The number of benzene rings is 1. The molecule has 2 atom stereocenters. The lowest BCUT2D eigenvalue weighted by atomic mass is 10.2. The first-order valence-corrected chi connectivity index (χ1v) is 7.71. The van der Waals surface area contributed by atoms with Gasteiger partial charge in [0, 0.05) is 24.5 Å². The minimum absolute atomic E-state index is 0.305. The molecule has 3 aromatic rings. The Bertz CT molecular complexity index is 758. The summed E-state index contributed by atoms with van der Waals surface area (Å²) in [5, 5.41) is 4.46. The standard InChI is InChI=1S/C17H19N5/c18-13-6-7-15(12-13)21-11-10-19-17(21)16-8-9-20-22(16)14-4-2-1-3-5-14/h1-5,8-11,13,15H,6-7,12,18H2/t13-,15-/m1/s1. The molecule has 0 amide bonds. The summed E-state index contributed by atoms with van der Waals surface area (Å²) < 4.78 is 4.19. The summed E-state index contributed by atoms with van der Waals surface area (Å²) in [7, 11) is 0. The van der Waals surface area contributed by atoms with Gasteiger partial charge in [-0.2, -0.15) is 5.10 Å². The molecule has 2 N–H and O–H groups in total. The number of nitrogens with two attached hydrogens (primary N) is 1. The minimum atomic E-state index is 0.305. The molecule has 1 aromatic carbocycles. The molecule has 0 spiro atoms. The number of nitrogens with zero attached hydrogens (tertiary/aromatic N) is 4. The lowest BCUT2D eigenvalue weighted by Crippen LogP contribution is -2.16. The highest BCUT2D eigenvalue weighted by Gasteiger charge is 2.26. The van der Waals surface area contributed by atoms with E-state index in [1.807, 2.05) is 41.3 Å². The Morgan fingerprint density at radius 2 is 1.91 bits per heavy atom. The maximum absolute atomic E-state index is 6.07. The third-order valence-corrected chi connectivity index (χ3v) is 4.38. The summed E-state index contributed by atoms with van der Waals surface area (Å²) in [5.41, 5.74) is 8.12. The quantitative estimate of drug-likeness (QED) is 0.807. The van der Waals surface area contributed by atoms with Gasteiger partial charge in [-0.15, -0.1) is 0 Å². The molecule has 4 rings (SSSR count). The molecule has 2 heterocycles. The minimum Gasteiger partial charge on any atom is -0.328 e. The van der Waals surface area contributed by atoms with Gasteiger partial charge in [-0.05, 0) is 37.5 Å². The van der Waals surface area contributed by atoms with Crippen molar-refractivity contribution in [1.82, 2.24) is 19.3 Å². The molecule has 1 saturated carbocycles. The summed E-state index contributed by atoms with van der Waals surface area (Å²) in [6, 6.07) is 12.9. The van der Waals surface area contributed by atoms with Crippen molar-refractivity contribution in [3.8, 4) is 17.2 Å². The number of rotatable bonds is 3. The zero-order valence-electron chi connectivity index (χ0n) is 12.3. The van der Waals surface area contributed by atoms with Gasteiger partial charge in [-0.25, -0.2) is 9.67 Å². The summed E-state index contributed by atoms with van der Waals surface area (Å²) >= 11 is 0. The number of imidazole rings is 1. The van der Waals surface area contributed by atoms with Crippen LogP contribution in [0.3, 0.4) is 0 Å². The van der Waals surface area contributed by atoms with Crippen molar-refractivity contribution in [1.29, 1.82) is 0 Å². The van der Waals surface area contributed by atoms with E-state index >= 15 is 0 Å². The molecular formula is C17H19N5. The highest BCUT2D eigenvalue weighted by atomic mass is 15.3. The van der Waals surface area contributed by atoms with Gasteiger partial charge in [0.1, 0.15) is 5.69 Å². The lowest BCUT2D eigenvalue weighted by molar-refractivity contribution is 0.513. The molecule has 0 saturated heterocycles. The molecule has 0 radical (unpaired) electrons. The maximum Gasteiger partial charge on any atom is 0.159 e. The first-order chi connectivity index (χ1) is 10.8. The second-order valence-corrected chi connectivity index (χ2v) is 5.85. The van der Waals surface area contributed by atoms with E-state index < -0.39 is 0 Å². The fraction of sp³-hybridized carbons (Fsp3) is 0.294. The molecule has 1 fully saturated rings. The molecule has 5 nitrogen and oxygen atoms in total. The lowest BCUT2D eigenvalue weighted by Gasteiger charge is -2.16. The van der Waals surface area contributed by atoms with Crippen LogP contribution in [0.1, 0.15) is 25.3 Å². The SMILES string of the molecule is N[C@@H]1CC[C@@H](n2ccnc2-c2ccnn2-c2ccccc2)C1. The molecule has 1 aliphatic rings. The first-order valence-electron chi connectivity index (χ1n) is 7.71. The Kier molecular flexibility index (Phi) is 3.27. The van der Waals surface area contributed by atoms with Crippen LogP contribution in [0.4, 0.5) is 0 Å². The fourth-order valence-corrected chi connectivity index (χ4v) is 3.30. The van der Waals surface area contributed by atoms with E-state index in [-0.39, 0.29) is 0 Å². The molecule has 2 aromatic heterocycles. The van der Waals surface area contributed by atoms with Gasteiger partial charge in [0.05, 0.1) is 11.9 Å². The monoisotopic (exact) mass is 293 g/mol. The van der Waals surface area contributed by atoms with Gasteiger partial charge in [-0.3, -0.25) is 0 Å². The van der Waals surface area contributed by atoms with E-state index in [0.717, 1.165) is 36.5 Å². The van der Waals surface area contributed by atoms with Crippen LogP contribution >= 0.6 is 0 Å². The van der Waals surface area contributed by atoms with Crippen molar-refractivity contribution in [3.05, 3.63) is 55.0 Å². The smallest absolute Gasteiger partial charge is 0.159 e. The molecule has 5 heteroatoms. The Labute approximate surface area is 129 Å². The normalized spacial score (nSPS) is 21.3. The predicted octanol–water partition coefficient (Wildman–Crippen LogP) is 2.79. The zero-order chi connectivity index (χ0) is 14.9. The highest BCUT2D eigenvalue weighted by Crippen LogP contribution is 2.32. The number of hydrogen-bond acceptors (Lipinski definition) is 3. The topological polar surface area (TPSA) is 61.7 Å². The molecule has 112 valence electrons. The van der Waals surface area contributed by atoms with E-state index in [4.69, 9.17) is 5.73 Å². The van der Waals surface area contributed by atoms with E-state index in [9.17, 15) is 0 Å². The van der Waals surface area contributed by atoms with Gasteiger partial charge in [0.2, 0.25) is 0 Å². The summed E-state index contributed by atoms with van der Waals surface area (Å²) in [4.78, 5) is 4.58. The maximum atomic E-state index is 6.07. The van der Waals surface area contributed by atoms with Crippen LogP contribution in [0.2, 0.25) is 0 Å². The Morgan fingerprint density at radius 1 is 1.05 bits per heavy atom. The number of hydrogen-bond donors (Lipinski definition) is 1. The Morgan fingerprint density at radius 3 is 2.68 bits per heavy atom. The fourth-order valence-electron chi connectivity index (χ4n) is 3.30. The van der Waals surface area contributed by atoms with Gasteiger partial charge >= 0.3 is 0 Å². The molecule has 0 unspecified atom stereocenters. The van der Waals surface area contributed by atoms with Crippen LogP contribution in [0.15, 0.2) is 55.0 Å². The van der Waals surface area contributed by atoms with Crippen molar-refractivity contribution in [2.75, 3.05) is 0 Å². The van der Waals surface area contributed by atoms with E-state index in [1.54, 1.807) is 0 Å². The zero-order valence-corrected chi connectivity index (χ0v) is 12.3. The first kappa shape index (κ1) is 13.3. The van der Waals surface area contributed by atoms with Crippen molar-refractivity contribution in [3.63, 3.8) is 0 Å². The van der Waals surface area contributed by atoms with Crippen molar-refractivity contribution in [2.45, 2.75) is 31.3 Å². The van der Waals surface area contributed by atoms with Crippen molar-refractivity contribution in [2.24, 2.45) is 5.73 Å². The summed E-state index contributed by atoms with van der Waals surface area (Å²) in [5.74, 6) is 0.959. The van der Waals surface area contributed by atoms with E-state index in [1.165, 1.54) is 0 Å². The van der Waals surface area contributed by atoms with Crippen LogP contribution in [0.5, 0.6) is 0 Å². The third kappa shape index (κ3) is 2.23. The van der Waals surface area contributed by atoms with Crippen LogP contribution in [-0.2, 0) is 0 Å². The molecular weight excluding hydrogens is 274 g/mol.